The maximum absolute atomic E-state index is 3.45. The molecule has 0 saturated heterocycles. The Bertz CT molecular complexity index is 179. The quantitative estimate of drug-likeness (QED) is 0.606. The lowest BCUT2D eigenvalue weighted by Gasteiger charge is -2.24. The summed E-state index contributed by atoms with van der Waals surface area (Å²) < 4.78 is 0. The SMILES string of the molecule is CC#CCNC(C)(C)C1CC1. The van der Waals surface area contributed by atoms with E-state index in [1.54, 1.807) is 0 Å². The van der Waals surface area contributed by atoms with E-state index in [0.29, 0.717) is 5.54 Å². The molecule has 1 nitrogen and oxygen atoms in total. The van der Waals surface area contributed by atoms with Crippen LogP contribution in [0.4, 0.5) is 0 Å². The summed E-state index contributed by atoms with van der Waals surface area (Å²) in [5.41, 5.74) is 0.309. The van der Waals surface area contributed by atoms with Crippen LogP contribution in [0.5, 0.6) is 0 Å². The Morgan fingerprint density at radius 1 is 1.45 bits per heavy atom. The molecule has 0 aromatic carbocycles. The molecule has 0 spiro atoms. The lowest BCUT2D eigenvalue weighted by Crippen LogP contribution is -2.41. The van der Waals surface area contributed by atoms with Gasteiger partial charge in [0.05, 0.1) is 6.54 Å². The van der Waals surface area contributed by atoms with Crippen LogP contribution < -0.4 is 5.32 Å². The molecule has 0 amide bonds. The summed E-state index contributed by atoms with van der Waals surface area (Å²) in [5.74, 6) is 6.80. The highest BCUT2D eigenvalue weighted by molar-refractivity contribution is 5.01. The molecule has 0 heterocycles. The van der Waals surface area contributed by atoms with E-state index in [1.807, 2.05) is 6.92 Å². The number of hydrogen-bond acceptors (Lipinski definition) is 1. The third kappa shape index (κ3) is 2.55. The second-order valence-corrected chi connectivity index (χ2v) is 3.78. The first-order chi connectivity index (χ1) is 5.17. The van der Waals surface area contributed by atoms with E-state index in [1.165, 1.54) is 12.8 Å². The monoisotopic (exact) mass is 151 g/mol. The van der Waals surface area contributed by atoms with E-state index in [2.05, 4.69) is 31.0 Å². The van der Waals surface area contributed by atoms with Crippen molar-refractivity contribution in [3.05, 3.63) is 0 Å². The maximum Gasteiger partial charge on any atom is 0.0580 e. The van der Waals surface area contributed by atoms with Gasteiger partial charge in [-0.25, -0.2) is 0 Å². The molecule has 1 saturated carbocycles. The zero-order valence-electron chi connectivity index (χ0n) is 7.70. The highest BCUT2D eigenvalue weighted by Crippen LogP contribution is 2.38. The topological polar surface area (TPSA) is 12.0 Å². The molecule has 0 aromatic rings. The minimum atomic E-state index is 0.309. The molecule has 1 aliphatic carbocycles. The normalized spacial score (nSPS) is 17.4. The van der Waals surface area contributed by atoms with Crippen LogP contribution in [-0.4, -0.2) is 12.1 Å². The van der Waals surface area contributed by atoms with Crippen molar-refractivity contribution in [2.75, 3.05) is 6.54 Å². The van der Waals surface area contributed by atoms with Crippen LogP contribution in [-0.2, 0) is 0 Å². The van der Waals surface area contributed by atoms with Gasteiger partial charge in [0.25, 0.3) is 0 Å². The third-order valence-corrected chi connectivity index (χ3v) is 2.41. The molecule has 0 bridgehead atoms. The van der Waals surface area contributed by atoms with Crippen LogP contribution in [0.15, 0.2) is 0 Å². The lowest BCUT2D eigenvalue weighted by atomic mass is 9.99. The van der Waals surface area contributed by atoms with Crippen LogP contribution in [0.25, 0.3) is 0 Å². The molecule has 62 valence electrons. The Morgan fingerprint density at radius 2 is 2.09 bits per heavy atom. The lowest BCUT2D eigenvalue weighted by molar-refractivity contribution is 0.359. The van der Waals surface area contributed by atoms with Gasteiger partial charge in [-0.3, -0.25) is 0 Å². The number of rotatable bonds is 3. The zero-order chi connectivity index (χ0) is 8.32. The Morgan fingerprint density at radius 3 is 2.55 bits per heavy atom. The van der Waals surface area contributed by atoms with E-state index in [9.17, 15) is 0 Å². The van der Waals surface area contributed by atoms with Gasteiger partial charge in [-0.1, -0.05) is 5.92 Å². The number of nitrogens with one attached hydrogen (secondary N) is 1. The second-order valence-electron chi connectivity index (χ2n) is 3.78. The van der Waals surface area contributed by atoms with Gasteiger partial charge in [0, 0.05) is 5.54 Å². The van der Waals surface area contributed by atoms with Gasteiger partial charge >= 0.3 is 0 Å². The molecule has 1 N–H and O–H groups in total. The van der Waals surface area contributed by atoms with Crippen LogP contribution in [0, 0.1) is 17.8 Å². The number of hydrogen-bond donors (Lipinski definition) is 1. The van der Waals surface area contributed by atoms with Crippen molar-refractivity contribution in [2.24, 2.45) is 5.92 Å². The summed E-state index contributed by atoms with van der Waals surface area (Å²) in [6.07, 6.45) is 2.78. The molecule has 0 aliphatic heterocycles. The van der Waals surface area contributed by atoms with E-state index in [0.717, 1.165) is 12.5 Å². The summed E-state index contributed by atoms with van der Waals surface area (Å²) in [5, 5.41) is 3.45. The first kappa shape index (κ1) is 8.62. The van der Waals surface area contributed by atoms with Gasteiger partial charge in [0.1, 0.15) is 0 Å². The molecule has 0 unspecified atom stereocenters. The average Bonchev–Trinajstić information content (AvgIpc) is 2.68. The Kier molecular flexibility index (Phi) is 2.57. The molecule has 1 heteroatoms. The molecule has 11 heavy (non-hydrogen) atoms. The first-order valence-corrected chi connectivity index (χ1v) is 4.31. The highest BCUT2D eigenvalue weighted by Gasteiger charge is 2.36. The van der Waals surface area contributed by atoms with Crippen molar-refractivity contribution in [1.29, 1.82) is 0 Å². The summed E-state index contributed by atoms with van der Waals surface area (Å²) in [6.45, 7) is 7.25. The highest BCUT2D eigenvalue weighted by atomic mass is 15.0. The van der Waals surface area contributed by atoms with Crippen molar-refractivity contribution in [3.63, 3.8) is 0 Å². The van der Waals surface area contributed by atoms with Gasteiger partial charge in [-0.2, -0.15) is 0 Å². The molecule has 0 aromatic heterocycles. The second kappa shape index (κ2) is 3.28. The Labute approximate surface area is 69.6 Å². The van der Waals surface area contributed by atoms with Crippen molar-refractivity contribution in [2.45, 2.75) is 39.2 Å². The fraction of sp³-hybridized carbons (Fsp3) is 0.800. The maximum atomic E-state index is 3.45. The van der Waals surface area contributed by atoms with E-state index in [4.69, 9.17) is 0 Å². The standard InChI is InChI=1S/C10H17N/c1-4-5-8-11-10(2,3)9-6-7-9/h9,11H,6-8H2,1-3H3. The molecular weight excluding hydrogens is 134 g/mol. The van der Waals surface area contributed by atoms with Crippen molar-refractivity contribution < 1.29 is 0 Å². The summed E-state index contributed by atoms with van der Waals surface area (Å²) in [7, 11) is 0. The van der Waals surface area contributed by atoms with Crippen LogP contribution in [0.2, 0.25) is 0 Å². The van der Waals surface area contributed by atoms with E-state index < -0.39 is 0 Å². The minimum Gasteiger partial charge on any atom is -0.301 e. The fourth-order valence-corrected chi connectivity index (χ4v) is 1.31. The third-order valence-electron chi connectivity index (χ3n) is 2.41. The summed E-state index contributed by atoms with van der Waals surface area (Å²) in [6, 6.07) is 0. The first-order valence-electron chi connectivity index (χ1n) is 4.31. The summed E-state index contributed by atoms with van der Waals surface area (Å²) >= 11 is 0. The molecule has 1 rings (SSSR count). The van der Waals surface area contributed by atoms with Gasteiger partial charge in [0.15, 0.2) is 0 Å². The van der Waals surface area contributed by atoms with Crippen molar-refractivity contribution in [3.8, 4) is 11.8 Å². The molecule has 1 aliphatic rings. The van der Waals surface area contributed by atoms with Crippen LogP contribution in [0.3, 0.4) is 0 Å². The predicted octanol–water partition coefficient (Wildman–Crippen LogP) is 1.79. The zero-order valence-corrected chi connectivity index (χ0v) is 7.70. The minimum absolute atomic E-state index is 0.309. The largest absolute Gasteiger partial charge is 0.301 e. The van der Waals surface area contributed by atoms with Gasteiger partial charge in [-0.15, -0.1) is 5.92 Å². The van der Waals surface area contributed by atoms with E-state index in [-0.39, 0.29) is 0 Å². The summed E-state index contributed by atoms with van der Waals surface area (Å²) in [4.78, 5) is 0. The fourth-order valence-electron chi connectivity index (χ4n) is 1.31. The molecule has 1 fully saturated rings. The van der Waals surface area contributed by atoms with Crippen molar-refractivity contribution in [1.82, 2.24) is 5.32 Å². The Hall–Kier alpha value is -0.480. The van der Waals surface area contributed by atoms with Crippen LogP contribution >= 0.6 is 0 Å². The average molecular weight is 151 g/mol. The molecular formula is C10H17N. The predicted molar refractivity (Wildman–Crippen MR) is 48.3 cm³/mol. The van der Waals surface area contributed by atoms with Gasteiger partial charge in [-0.05, 0) is 39.5 Å². The smallest absolute Gasteiger partial charge is 0.0580 e. The van der Waals surface area contributed by atoms with Crippen molar-refractivity contribution >= 4 is 0 Å². The van der Waals surface area contributed by atoms with Crippen LogP contribution in [0.1, 0.15) is 33.6 Å². The van der Waals surface area contributed by atoms with E-state index >= 15 is 0 Å². The molecule has 0 atom stereocenters. The van der Waals surface area contributed by atoms with Gasteiger partial charge < -0.3 is 5.32 Å². The molecule has 0 radical (unpaired) electrons. The van der Waals surface area contributed by atoms with Gasteiger partial charge in [0.2, 0.25) is 0 Å². The Balaban J connectivity index is 2.25.